The van der Waals surface area contributed by atoms with Gasteiger partial charge in [-0.25, -0.2) is 0 Å². The van der Waals surface area contributed by atoms with Crippen molar-refractivity contribution in [3.8, 4) is 0 Å². The van der Waals surface area contributed by atoms with Gasteiger partial charge in [-0.3, -0.25) is 0 Å². The molecule has 1 aliphatic rings. The largest absolute Gasteiger partial charge is 0.388 e. The highest BCUT2D eigenvalue weighted by Crippen LogP contribution is 2.22. The van der Waals surface area contributed by atoms with Gasteiger partial charge in [0.1, 0.15) is 26.2 Å². The van der Waals surface area contributed by atoms with E-state index in [1.807, 2.05) is 20.8 Å². The SMILES string of the molecule is [B]C1OC(COC(C)C)C(O)C1OCC. The first-order chi connectivity index (χ1) is 7.06. The molecule has 1 N–H and O–H groups in total. The van der Waals surface area contributed by atoms with E-state index in [2.05, 4.69) is 0 Å². The second-order valence-electron chi connectivity index (χ2n) is 3.93. The van der Waals surface area contributed by atoms with Crippen molar-refractivity contribution in [2.45, 2.75) is 51.2 Å². The van der Waals surface area contributed by atoms with E-state index in [0.717, 1.165) is 0 Å². The Morgan fingerprint density at radius 2 is 2.13 bits per heavy atom. The zero-order chi connectivity index (χ0) is 11.4. The maximum Gasteiger partial charge on any atom is 0.112 e. The molecule has 0 amide bonds. The van der Waals surface area contributed by atoms with Crippen LogP contribution in [0.4, 0.5) is 0 Å². The van der Waals surface area contributed by atoms with Gasteiger partial charge in [-0.2, -0.15) is 0 Å². The molecule has 1 heterocycles. The van der Waals surface area contributed by atoms with Crippen LogP contribution in [0.1, 0.15) is 20.8 Å². The molecule has 86 valence electrons. The van der Waals surface area contributed by atoms with Gasteiger partial charge in [-0.1, -0.05) is 0 Å². The second-order valence-corrected chi connectivity index (χ2v) is 3.93. The lowest BCUT2D eigenvalue weighted by Crippen LogP contribution is -2.37. The molecule has 1 saturated heterocycles. The van der Waals surface area contributed by atoms with E-state index >= 15 is 0 Å². The van der Waals surface area contributed by atoms with Crippen molar-refractivity contribution in [1.82, 2.24) is 0 Å². The number of hydrogen-bond donors (Lipinski definition) is 1. The molecule has 1 fully saturated rings. The van der Waals surface area contributed by atoms with Gasteiger partial charge in [0.15, 0.2) is 0 Å². The summed E-state index contributed by atoms with van der Waals surface area (Å²) in [6, 6.07) is -0.569. The average Bonchev–Trinajstić information content (AvgIpc) is 2.43. The summed E-state index contributed by atoms with van der Waals surface area (Å²) >= 11 is 0. The van der Waals surface area contributed by atoms with Crippen molar-refractivity contribution in [2.75, 3.05) is 13.2 Å². The maximum atomic E-state index is 9.85. The summed E-state index contributed by atoms with van der Waals surface area (Å²) in [6.45, 7) is 6.58. The van der Waals surface area contributed by atoms with Crippen LogP contribution in [0.5, 0.6) is 0 Å². The van der Waals surface area contributed by atoms with Crippen LogP contribution in [-0.2, 0) is 14.2 Å². The Hall–Kier alpha value is -0.0951. The summed E-state index contributed by atoms with van der Waals surface area (Å²) in [5.41, 5.74) is 0. The van der Waals surface area contributed by atoms with E-state index < -0.39 is 18.2 Å². The van der Waals surface area contributed by atoms with Crippen LogP contribution in [-0.4, -0.2) is 56.6 Å². The van der Waals surface area contributed by atoms with E-state index in [1.165, 1.54) is 0 Å². The predicted molar refractivity (Wildman–Crippen MR) is 56.9 cm³/mol. The monoisotopic (exact) mass is 214 g/mol. The lowest BCUT2D eigenvalue weighted by molar-refractivity contribution is -0.0525. The van der Waals surface area contributed by atoms with Crippen LogP contribution in [0.15, 0.2) is 0 Å². The first kappa shape index (κ1) is 13.0. The van der Waals surface area contributed by atoms with Crippen LogP contribution < -0.4 is 0 Å². The Bertz CT molecular complexity index is 188. The molecule has 4 unspecified atom stereocenters. The molecule has 15 heavy (non-hydrogen) atoms. The fourth-order valence-corrected chi connectivity index (χ4v) is 1.58. The first-order valence-electron chi connectivity index (χ1n) is 5.38. The lowest BCUT2D eigenvalue weighted by Gasteiger charge is -2.19. The average molecular weight is 214 g/mol. The zero-order valence-corrected chi connectivity index (χ0v) is 9.55. The minimum Gasteiger partial charge on any atom is -0.388 e. The summed E-state index contributed by atoms with van der Waals surface area (Å²) in [6.07, 6.45) is -1.43. The fraction of sp³-hybridized carbons (Fsp3) is 1.00. The summed E-state index contributed by atoms with van der Waals surface area (Å²) in [4.78, 5) is 0. The Balaban J connectivity index is 2.41. The topological polar surface area (TPSA) is 47.9 Å². The molecule has 4 atom stereocenters. The standard InChI is InChI=1S/C10H19BO4/c1-4-13-9-8(12)7(15-10(9)11)5-14-6(2)3/h6-10,12H,4-5H2,1-3H3. The first-order valence-corrected chi connectivity index (χ1v) is 5.38. The molecule has 2 radical (unpaired) electrons. The quantitative estimate of drug-likeness (QED) is 0.658. The summed E-state index contributed by atoms with van der Waals surface area (Å²) < 4.78 is 16.1. The van der Waals surface area contributed by atoms with Gasteiger partial charge in [0.05, 0.1) is 12.7 Å². The Morgan fingerprint density at radius 1 is 1.47 bits per heavy atom. The minimum atomic E-state index is -0.710. The third-order valence-corrected chi connectivity index (χ3v) is 2.33. The van der Waals surface area contributed by atoms with E-state index in [4.69, 9.17) is 22.1 Å². The van der Waals surface area contributed by atoms with Gasteiger partial charge in [-0.15, -0.1) is 0 Å². The van der Waals surface area contributed by atoms with Gasteiger partial charge >= 0.3 is 0 Å². The molecular weight excluding hydrogens is 195 g/mol. The van der Waals surface area contributed by atoms with Crippen LogP contribution in [0, 0.1) is 0 Å². The summed E-state index contributed by atoms with van der Waals surface area (Å²) in [7, 11) is 5.69. The van der Waals surface area contributed by atoms with Crippen LogP contribution in [0.3, 0.4) is 0 Å². The molecule has 0 saturated carbocycles. The van der Waals surface area contributed by atoms with Gasteiger partial charge in [0.2, 0.25) is 0 Å². The highest BCUT2D eigenvalue weighted by molar-refractivity contribution is 6.11. The van der Waals surface area contributed by atoms with Crippen molar-refractivity contribution >= 4 is 7.85 Å². The van der Waals surface area contributed by atoms with E-state index in [1.54, 1.807) is 0 Å². The summed E-state index contributed by atoms with van der Waals surface area (Å²) in [5, 5.41) is 9.85. The smallest absolute Gasteiger partial charge is 0.112 e. The van der Waals surface area contributed by atoms with Crippen molar-refractivity contribution < 1.29 is 19.3 Å². The Labute approximate surface area is 92.3 Å². The van der Waals surface area contributed by atoms with Crippen molar-refractivity contribution in [1.29, 1.82) is 0 Å². The third kappa shape index (κ3) is 3.45. The number of aliphatic hydroxyl groups excluding tert-OH is 1. The number of hydrogen-bond acceptors (Lipinski definition) is 4. The summed E-state index contributed by atoms with van der Waals surface area (Å²) in [5.74, 6) is 0. The number of ether oxygens (including phenoxy) is 3. The molecule has 1 rings (SSSR count). The highest BCUT2D eigenvalue weighted by atomic mass is 16.6. The van der Waals surface area contributed by atoms with Gasteiger partial charge < -0.3 is 19.3 Å². The van der Waals surface area contributed by atoms with E-state index in [-0.39, 0.29) is 12.2 Å². The van der Waals surface area contributed by atoms with Crippen LogP contribution >= 0.6 is 0 Å². The molecule has 5 heteroatoms. The van der Waals surface area contributed by atoms with Crippen LogP contribution in [0.2, 0.25) is 0 Å². The van der Waals surface area contributed by atoms with Gasteiger partial charge in [0.25, 0.3) is 0 Å². The molecule has 0 aromatic heterocycles. The normalized spacial score (nSPS) is 36.3. The maximum absolute atomic E-state index is 9.85. The molecule has 0 aromatic rings. The molecule has 0 bridgehead atoms. The molecule has 0 spiro atoms. The Kier molecular flexibility index (Phi) is 5.05. The second kappa shape index (κ2) is 5.84. The molecule has 0 aromatic carbocycles. The Morgan fingerprint density at radius 3 is 2.67 bits per heavy atom. The fourth-order valence-electron chi connectivity index (χ4n) is 1.58. The number of aliphatic hydroxyl groups is 1. The molecule has 4 nitrogen and oxygen atoms in total. The van der Waals surface area contributed by atoms with Crippen molar-refractivity contribution in [3.05, 3.63) is 0 Å². The van der Waals surface area contributed by atoms with E-state index in [9.17, 15) is 5.11 Å². The van der Waals surface area contributed by atoms with Crippen LogP contribution in [0.25, 0.3) is 0 Å². The zero-order valence-electron chi connectivity index (χ0n) is 9.55. The van der Waals surface area contributed by atoms with Gasteiger partial charge in [0, 0.05) is 12.6 Å². The molecule has 0 aliphatic carbocycles. The minimum absolute atomic E-state index is 0.114. The van der Waals surface area contributed by atoms with Crippen molar-refractivity contribution in [2.24, 2.45) is 0 Å². The molecule has 1 aliphatic heterocycles. The number of rotatable bonds is 5. The van der Waals surface area contributed by atoms with Gasteiger partial charge in [-0.05, 0) is 20.8 Å². The lowest BCUT2D eigenvalue weighted by atomic mass is 9.93. The van der Waals surface area contributed by atoms with E-state index in [0.29, 0.717) is 13.2 Å². The van der Waals surface area contributed by atoms with Crippen molar-refractivity contribution in [3.63, 3.8) is 0 Å². The third-order valence-electron chi connectivity index (χ3n) is 2.33. The predicted octanol–water partition coefficient (Wildman–Crippen LogP) is 0.0708. The highest BCUT2D eigenvalue weighted by Gasteiger charge is 2.41. The molecular formula is C10H19BO4.